The lowest BCUT2D eigenvalue weighted by Gasteiger charge is -1.87. The predicted octanol–water partition coefficient (Wildman–Crippen LogP) is 0.475. The van der Waals surface area contributed by atoms with Gasteiger partial charge in [-0.15, -0.1) is 5.10 Å². The summed E-state index contributed by atoms with van der Waals surface area (Å²) in [6, 6.07) is 0. The van der Waals surface area contributed by atoms with E-state index in [4.69, 9.17) is 0 Å². The Morgan fingerprint density at radius 1 is 1.55 bits per heavy atom. The molecule has 0 unspecified atom stereocenters. The summed E-state index contributed by atoms with van der Waals surface area (Å²) in [5.41, 5.74) is 1.68. The van der Waals surface area contributed by atoms with Crippen LogP contribution in [0.15, 0.2) is 11.3 Å². The van der Waals surface area contributed by atoms with Crippen LogP contribution in [-0.2, 0) is 6.54 Å². The first kappa shape index (κ1) is 5.06. The first-order valence-corrected chi connectivity index (χ1v) is 3.37. The van der Waals surface area contributed by atoms with Crippen LogP contribution in [0.4, 0.5) is 5.82 Å². The Bertz CT molecular complexity index is 435. The number of hydrogen-bond donors (Lipinski definition) is 1. The van der Waals surface area contributed by atoms with Gasteiger partial charge in [-0.05, 0) is 0 Å². The van der Waals surface area contributed by atoms with Crippen LogP contribution in [0.3, 0.4) is 0 Å². The van der Waals surface area contributed by atoms with Gasteiger partial charge in [-0.25, -0.2) is 14.7 Å². The molecule has 3 rings (SSSR count). The standard InChI is InChI=1S/C6H5N5/c1-2-11-6(7-1)4-5(10-11)9-3-8-4/h1,3H,2H2,(H,8,9,10). The number of aromatic nitrogens is 4. The Balaban J connectivity index is 2.54. The molecule has 2 aromatic rings. The molecule has 0 aromatic carbocycles. The van der Waals surface area contributed by atoms with Gasteiger partial charge in [-0.3, -0.25) is 0 Å². The molecule has 1 aliphatic rings. The van der Waals surface area contributed by atoms with Gasteiger partial charge in [0.1, 0.15) is 5.52 Å². The number of nitrogens with zero attached hydrogens (tertiary/aromatic N) is 4. The summed E-state index contributed by atoms with van der Waals surface area (Å²) in [5, 5.41) is 4.20. The zero-order valence-electron chi connectivity index (χ0n) is 5.65. The van der Waals surface area contributed by atoms with Gasteiger partial charge in [0.05, 0.1) is 12.9 Å². The lowest BCUT2D eigenvalue weighted by Crippen LogP contribution is -1.93. The zero-order chi connectivity index (χ0) is 7.26. The fraction of sp³-hybridized carbons (Fsp3) is 0.167. The lowest BCUT2D eigenvalue weighted by atomic mass is 10.5. The number of fused-ring (bicyclic) bond motifs is 3. The Hall–Kier alpha value is -1.65. The van der Waals surface area contributed by atoms with Gasteiger partial charge in [0.2, 0.25) is 5.65 Å². The summed E-state index contributed by atoms with van der Waals surface area (Å²) in [5.74, 6) is 0.887. The molecule has 0 amide bonds. The maximum Gasteiger partial charge on any atom is 0.201 e. The molecule has 0 fully saturated rings. The zero-order valence-corrected chi connectivity index (χ0v) is 5.65. The van der Waals surface area contributed by atoms with E-state index in [0.717, 1.165) is 23.5 Å². The fourth-order valence-electron chi connectivity index (χ4n) is 1.28. The molecular weight excluding hydrogens is 142 g/mol. The van der Waals surface area contributed by atoms with E-state index < -0.39 is 0 Å². The molecule has 0 bridgehead atoms. The van der Waals surface area contributed by atoms with Crippen molar-refractivity contribution in [2.45, 2.75) is 6.54 Å². The molecule has 0 atom stereocenters. The molecule has 1 aliphatic heterocycles. The molecule has 1 N–H and O–H groups in total. The second-order valence-corrected chi connectivity index (χ2v) is 2.42. The predicted molar refractivity (Wildman–Crippen MR) is 40.0 cm³/mol. The molecule has 5 heteroatoms. The number of nitrogens with one attached hydrogen (secondary N) is 1. The second-order valence-electron chi connectivity index (χ2n) is 2.42. The van der Waals surface area contributed by atoms with Gasteiger partial charge in [0, 0.05) is 6.21 Å². The van der Waals surface area contributed by atoms with E-state index >= 15 is 0 Å². The molecule has 2 aromatic heterocycles. The molecule has 0 aliphatic carbocycles. The van der Waals surface area contributed by atoms with E-state index in [0.29, 0.717) is 0 Å². The number of rotatable bonds is 0. The first-order valence-electron chi connectivity index (χ1n) is 3.37. The molecule has 54 valence electrons. The number of hydrogen-bond acceptors (Lipinski definition) is 3. The summed E-state index contributed by atoms with van der Waals surface area (Å²) in [4.78, 5) is 11.2. The van der Waals surface area contributed by atoms with Crippen molar-refractivity contribution in [1.29, 1.82) is 0 Å². The van der Waals surface area contributed by atoms with Gasteiger partial charge in [-0.2, -0.15) is 0 Å². The molecule has 0 radical (unpaired) electrons. The Morgan fingerprint density at radius 3 is 3.55 bits per heavy atom. The molecule has 11 heavy (non-hydrogen) atoms. The maximum absolute atomic E-state index is 4.20. The van der Waals surface area contributed by atoms with Crippen molar-refractivity contribution in [3.63, 3.8) is 0 Å². The minimum atomic E-state index is 0.747. The summed E-state index contributed by atoms with van der Waals surface area (Å²) >= 11 is 0. The Labute approximate surface area is 61.8 Å². The normalized spacial score (nSPS) is 14.5. The van der Waals surface area contributed by atoms with Crippen LogP contribution >= 0.6 is 0 Å². The highest BCUT2D eigenvalue weighted by atomic mass is 15.4. The van der Waals surface area contributed by atoms with Crippen molar-refractivity contribution in [3.8, 4) is 0 Å². The van der Waals surface area contributed by atoms with Gasteiger partial charge in [-0.1, -0.05) is 0 Å². The Morgan fingerprint density at radius 2 is 2.55 bits per heavy atom. The van der Waals surface area contributed by atoms with Crippen molar-refractivity contribution in [3.05, 3.63) is 6.33 Å². The molecule has 0 spiro atoms. The second kappa shape index (κ2) is 1.50. The average molecular weight is 147 g/mol. The summed E-state index contributed by atoms with van der Waals surface area (Å²) < 4.78 is 1.83. The van der Waals surface area contributed by atoms with Crippen LogP contribution in [0.5, 0.6) is 0 Å². The van der Waals surface area contributed by atoms with E-state index in [1.165, 1.54) is 0 Å². The van der Waals surface area contributed by atoms with Crippen molar-refractivity contribution < 1.29 is 0 Å². The fourth-order valence-corrected chi connectivity index (χ4v) is 1.28. The van der Waals surface area contributed by atoms with Gasteiger partial charge < -0.3 is 4.98 Å². The smallest absolute Gasteiger partial charge is 0.201 e. The highest BCUT2D eigenvalue weighted by Gasteiger charge is 2.14. The van der Waals surface area contributed by atoms with Crippen molar-refractivity contribution in [2.24, 2.45) is 4.99 Å². The maximum atomic E-state index is 4.20. The van der Waals surface area contributed by atoms with E-state index in [9.17, 15) is 0 Å². The molecule has 5 nitrogen and oxygen atoms in total. The number of imidazole rings is 1. The number of aromatic amines is 1. The van der Waals surface area contributed by atoms with Crippen LogP contribution < -0.4 is 0 Å². The summed E-state index contributed by atoms with van der Waals surface area (Å²) in [6.45, 7) is 0.763. The van der Waals surface area contributed by atoms with Crippen LogP contribution in [0.2, 0.25) is 0 Å². The minimum Gasteiger partial charge on any atom is -0.340 e. The molecule has 0 saturated carbocycles. The SMILES string of the molecule is C1=Nc2c3[nH]cnc3nn2C1. The molecule has 0 saturated heterocycles. The van der Waals surface area contributed by atoms with Crippen LogP contribution in [-0.4, -0.2) is 26.0 Å². The van der Waals surface area contributed by atoms with Crippen molar-refractivity contribution in [2.75, 3.05) is 0 Å². The summed E-state index contributed by atoms with van der Waals surface area (Å²) in [6.07, 6.45) is 3.47. The third-order valence-corrected chi connectivity index (χ3v) is 1.77. The van der Waals surface area contributed by atoms with Gasteiger partial charge >= 0.3 is 0 Å². The van der Waals surface area contributed by atoms with Crippen molar-refractivity contribution in [1.82, 2.24) is 19.7 Å². The van der Waals surface area contributed by atoms with Crippen LogP contribution in [0, 0.1) is 0 Å². The number of H-pyrrole nitrogens is 1. The highest BCUT2D eigenvalue weighted by molar-refractivity contribution is 5.86. The summed E-state index contributed by atoms with van der Waals surface area (Å²) in [7, 11) is 0. The largest absolute Gasteiger partial charge is 0.340 e. The third-order valence-electron chi connectivity index (χ3n) is 1.77. The monoisotopic (exact) mass is 147 g/mol. The van der Waals surface area contributed by atoms with Gasteiger partial charge in [0.15, 0.2) is 5.82 Å². The van der Waals surface area contributed by atoms with Crippen molar-refractivity contribution >= 4 is 23.2 Å². The minimum absolute atomic E-state index is 0.747. The van der Waals surface area contributed by atoms with E-state index in [2.05, 4.69) is 20.1 Å². The molecule has 3 heterocycles. The Kier molecular flexibility index (Phi) is 0.689. The topological polar surface area (TPSA) is 58.9 Å². The van der Waals surface area contributed by atoms with Crippen LogP contribution in [0.25, 0.3) is 11.2 Å². The molecular formula is C6H5N5. The van der Waals surface area contributed by atoms with Crippen LogP contribution in [0.1, 0.15) is 0 Å². The first-order chi connectivity index (χ1) is 5.45. The van der Waals surface area contributed by atoms with E-state index in [1.54, 1.807) is 6.33 Å². The highest BCUT2D eigenvalue weighted by Crippen LogP contribution is 2.24. The lowest BCUT2D eigenvalue weighted by molar-refractivity contribution is 0.763. The van der Waals surface area contributed by atoms with E-state index in [1.807, 2.05) is 10.9 Å². The quantitative estimate of drug-likeness (QED) is 0.589. The number of aliphatic imine (C=N–C) groups is 1. The van der Waals surface area contributed by atoms with E-state index in [-0.39, 0.29) is 0 Å². The average Bonchev–Trinajstić information content (AvgIpc) is 2.52. The third kappa shape index (κ3) is 0.485. The van der Waals surface area contributed by atoms with Gasteiger partial charge in [0.25, 0.3) is 0 Å².